The van der Waals surface area contributed by atoms with Gasteiger partial charge in [0.1, 0.15) is 30.1 Å². The van der Waals surface area contributed by atoms with Crippen molar-refractivity contribution in [2.45, 2.75) is 180 Å². The Kier molecular flexibility index (Phi) is 22.3. The number of rotatable bonds is 8. The number of allylic oxidation sites excluding steroid dienone is 5. The quantitative estimate of drug-likeness (QED) is 0.134. The van der Waals surface area contributed by atoms with Crippen LogP contribution in [0.4, 0.5) is 0 Å². The average molecular weight is 944 g/mol. The fraction of sp³-hybridized carbons (Fsp3) is 0.750. The van der Waals surface area contributed by atoms with Gasteiger partial charge in [0.05, 0.1) is 37.6 Å². The summed E-state index contributed by atoms with van der Waals surface area (Å²) < 4.78 is 29.5. The van der Waals surface area contributed by atoms with E-state index in [0.717, 1.165) is 5.57 Å². The summed E-state index contributed by atoms with van der Waals surface area (Å²) in [6.45, 7) is 12.5. The van der Waals surface area contributed by atoms with E-state index in [1.807, 2.05) is 51.2 Å². The summed E-state index contributed by atoms with van der Waals surface area (Å²) in [6, 6.07) is -1.14. The second kappa shape index (κ2) is 26.5. The fourth-order valence-electron chi connectivity index (χ4n) is 10.2. The number of ketones is 3. The van der Waals surface area contributed by atoms with Crippen molar-refractivity contribution in [2.75, 3.05) is 34.0 Å². The molecule has 3 aliphatic heterocycles. The van der Waals surface area contributed by atoms with Gasteiger partial charge in [-0.2, -0.15) is 0 Å². The minimum Gasteiger partial charge on any atom is -0.460 e. The zero-order chi connectivity index (χ0) is 49.6. The van der Waals surface area contributed by atoms with Gasteiger partial charge in [-0.05, 0) is 108 Å². The molecule has 3 heterocycles. The smallest absolute Gasteiger partial charge is 0.329 e. The highest BCUT2D eigenvalue weighted by molar-refractivity contribution is 6.39. The minimum atomic E-state index is -2.41. The van der Waals surface area contributed by atoms with Gasteiger partial charge in [0.15, 0.2) is 5.78 Å². The molecule has 1 saturated carbocycles. The Morgan fingerprint density at radius 1 is 0.925 bits per heavy atom. The molecule has 67 heavy (non-hydrogen) atoms. The molecule has 3 fully saturated rings. The Balaban J connectivity index is 1.71. The van der Waals surface area contributed by atoms with Crippen LogP contribution in [-0.4, -0.2) is 143 Å². The first kappa shape index (κ1) is 56.2. The highest BCUT2D eigenvalue weighted by Crippen LogP contribution is 2.37. The van der Waals surface area contributed by atoms with Crippen LogP contribution in [0.5, 0.6) is 0 Å². The van der Waals surface area contributed by atoms with E-state index in [1.165, 1.54) is 12.0 Å². The van der Waals surface area contributed by atoms with Crippen LogP contribution >= 0.6 is 0 Å². The largest absolute Gasteiger partial charge is 0.460 e. The van der Waals surface area contributed by atoms with Gasteiger partial charge >= 0.3 is 5.97 Å². The topological polar surface area (TPSA) is 216 Å². The van der Waals surface area contributed by atoms with E-state index < -0.39 is 83.9 Å². The summed E-state index contributed by atoms with van der Waals surface area (Å²) in [5.41, 5.74) is 1.23. The summed E-state index contributed by atoms with van der Waals surface area (Å²) >= 11 is 0. The maximum atomic E-state index is 14.4. The summed E-state index contributed by atoms with van der Waals surface area (Å²) in [7, 11) is 2.92. The van der Waals surface area contributed by atoms with Crippen molar-refractivity contribution in [1.82, 2.24) is 4.90 Å². The number of carbonyl (C=O) groups is 5. The molecule has 0 radical (unpaired) electrons. The predicted molar refractivity (Wildman–Crippen MR) is 251 cm³/mol. The van der Waals surface area contributed by atoms with Gasteiger partial charge in [-0.1, -0.05) is 76.6 Å². The normalized spacial score (nSPS) is 39.6. The number of amides is 1. The Bertz CT molecular complexity index is 1790. The molecule has 0 aromatic carbocycles. The molecular weight excluding hydrogens is 863 g/mol. The molecular formula is C52H81NO14. The molecule has 1 unspecified atom stereocenters. The van der Waals surface area contributed by atoms with E-state index in [-0.39, 0.29) is 68.0 Å². The number of hydrogen-bond donors (Lipinski definition) is 4. The zero-order valence-electron chi connectivity index (χ0n) is 41.5. The predicted octanol–water partition coefficient (Wildman–Crippen LogP) is 5.54. The number of esters is 1. The molecule has 15 atom stereocenters. The van der Waals surface area contributed by atoms with E-state index in [2.05, 4.69) is 0 Å². The summed E-state index contributed by atoms with van der Waals surface area (Å²) in [5.74, 6) is -8.38. The summed E-state index contributed by atoms with van der Waals surface area (Å²) in [5, 5.41) is 43.4. The number of hydrogen-bond acceptors (Lipinski definition) is 14. The van der Waals surface area contributed by atoms with Crippen LogP contribution in [0.25, 0.3) is 0 Å². The van der Waals surface area contributed by atoms with Crippen LogP contribution in [0.2, 0.25) is 0 Å². The number of aliphatic hydroxyl groups is 4. The lowest BCUT2D eigenvalue weighted by molar-refractivity contribution is -0.262. The Morgan fingerprint density at radius 2 is 1.66 bits per heavy atom. The maximum Gasteiger partial charge on any atom is 0.329 e. The standard InChI is InChI=1S/C52H81NO14/c1-31-14-10-11-16-43(65-25-24-54)33(3)27-36(6)47(58)48(64-9)46(57)35(5)26-32(2)42(56)30-44(34(4)28-38-19-22-41(55)45(29-38)63-8)66-51(61)40-15-12-13-23-53(40)50(60)49(59)52(62)37(7)18-21-39(67-52)20-17-31/h10-11,14,16-17,26,32-34,36-41,43-46,48,54-55,57,62H,12-13,15,18-25,27-30H2,1-9H3/b14-10+,16-11-,31-17+,35-26-/t32-,33+,34-,36-,37-,38+,39-,40+,41-,43?,44+,45-,46-,48-,52-/m1/s1. The molecule has 4 N–H and O–H groups in total. The van der Waals surface area contributed by atoms with Gasteiger partial charge in [-0.3, -0.25) is 19.2 Å². The number of piperidine rings is 1. The van der Waals surface area contributed by atoms with Crippen molar-refractivity contribution < 1.29 is 68.1 Å². The first-order valence-corrected chi connectivity index (χ1v) is 24.6. The number of aliphatic hydroxyl groups excluding tert-OH is 3. The number of methoxy groups -OCH3 is 2. The number of cyclic esters (lactones) is 1. The van der Waals surface area contributed by atoms with Crippen LogP contribution in [0, 0.1) is 35.5 Å². The molecule has 4 aliphatic rings. The van der Waals surface area contributed by atoms with Gasteiger partial charge in [-0.15, -0.1) is 0 Å². The van der Waals surface area contributed by atoms with Crippen molar-refractivity contribution in [2.24, 2.45) is 35.5 Å². The number of Topliss-reactive ketones (excluding diaryl/α,β-unsaturated/α-hetero) is 3. The molecule has 378 valence electrons. The average Bonchev–Trinajstić information content (AvgIpc) is 3.30. The number of carbonyl (C=O) groups excluding carboxylic acids is 5. The molecule has 2 saturated heterocycles. The number of fused-ring (bicyclic) bond motifs is 3. The highest BCUT2D eigenvalue weighted by atomic mass is 16.6. The van der Waals surface area contributed by atoms with Gasteiger partial charge in [0.25, 0.3) is 11.7 Å². The van der Waals surface area contributed by atoms with E-state index in [9.17, 15) is 44.4 Å². The zero-order valence-corrected chi connectivity index (χ0v) is 41.5. The van der Waals surface area contributed by atoms with Crippen molar-refractivity contribution in [3.8, 4) is 0 Å². The number of nitrogens with zero attached hydrogens (tertiary/aromatic N) is 1. The first-order chi connectivity index (χ1) is 31.7. The molecule has 2 bridgehead atoms. The van der Waals surface area contributed by atoms with Gasteiger partial charge in [0, 0.05) is 44.9 Å². The SMILES string of the molecule is CO[C@@H]1C[C@H](C[C@@H](C)[C@@H]2CC(=O)[C@H](C)/C=C(/C)[C@@H](O)[C@@H](OC)C(=O)[C@H](C)C[C@H](C)C(OCCO)\C=C/C=C/C(C)=C/C[C@@H]3CC[C@@H](C)[C@@](O)(O3)C(=O)C(=O)N3CCCC[C@H]3C(=O)O2)CC[C@H]1O. The van der Waals surface area contributed by atoms with Crippen LogP contribution in [-0.2, 0) is 47.7 Å². The lowest BCUT2D eigenvalue weighted by atomic mass is 9.78. The highest BCUT2D eigenvalue weighted by Gasteiger charge is 2.53. The van der Waals surface area contributed by atoms with Crippen LogP contribution < -0.4 is 0 Å². The van der Waals surface area contributed by atoms with Crippen molar-refractivity contribution >= 4 is 29.2 Å². The van der Waals surface area contributed by atoms with Crippen LogP contribution in [0.1, 0.15) is 126 Å². The third-order valence-electron chi connectivity index (χ3n) is 14.6. The van der Waals surface area contributed by atoms with Crippen molar-refractivity contribution in [1.29, 1.82) is 0 Å². The third-order valence-corrected chi connectivity index (χ3v) is 14.6. The maximum absolute atomic E-state index is 14.4. The third kappa shape index (κ3) is 15.3. The molecule has 1 aliphatic carbocycles. The minimum absolute atomic E-state index is 0.0866. The number of ether oxygens (including phenoxy) is 5. The fourth-order valence-corrected chi connectivity index (χ4v) is 10.2. The van der Waals surface area contributed by atoms with Crippen LogP contribution in [0.15, 0.2) is 47.6 Å². The Morgan fingerprint density at radius 3 is 2.34 bits per heavy atom. The first-order valence-electron chi connectivity index (χ1n) is 24.6. The van der Waals surface area contributed by atoms with E-state index in [0.29, 0.717) is 69.8 Å². The second-order valence-corrected chi connectivity index (χ2v) is 19.9. The lowest BCUT2D eigenvalue weighted by Crippen LogP contribution is -2.60. The molecule has 0 aromatic heterocycles. The van der Waals surface area contributed by atoms with Crippen molar-refractivity contribution in [3.63, 3.8) is 0 Å². The summed E-state index contributed by atoms with van der Waals surface area (Å²) in [6.07, 6.45) is 10.7. The lowest BCUT2D eigenvalue weighted by Gasteiger charge is -2.42. The molecule has 15 nitrogen and oxygen atoms in total. The van der Waals surface area contributed by atoms with E-state index in [1.54, 1.807) is 40.9 Å². The molecule has 1 amide bonds. The Hall–Kier alpha value is -3.41. The van der Waals surface area contributed by atoms with E-state index in [4.69, 9.17) is 23.7 Å². The van der Waals surface area contributed by atoms with E-state index >= 15 is 0 Å². The van der Waals surface area contributed by atoms with Crippen molar-refractivity contribution in [3.05, 3.63) is 47.6 Å². The second-order valence-electron chi connectivity index (χ2n) is 19.9. The molecule has 0 spiro atoms. The summed E-state index contributed by atoms with van der Waals surface area (Å²) in [4.78, 5) is 71.9. The van der Waals surface area contributed by atoms with Crippen LogP contribution in [0.3, 0.4) is 0 Å². The van der Waals surface area contributed by atoms with Gasteiger partial charge in [0.2, 0.25) is 5.79 Å². The monoisotopic (exact) mass is 944 g/mol. The van der Waals surface area contributed by atoms with Gasteiger partial charge in [-0.25, -0.2) is 4.79 Å². The van der Waals surface area contributed by atoms with Gasteiger partial charge < -0.3 is 49.0 Å². The molecule has 4 rings (SSSR count). The molecule has 15 heteroatoms. The Labute approximate surface area is 398 Å². The molecule has 0 aromatic rings.